The molecule has 0 bridgehead atoms. The molecule has 11 nitrogen and oxygen atoms in total. The lowest BCUT2D eigenvalue weighted by Crippen LogP contribution is -2.20. The van der Waals surface area contributed by atoms with E-state index < -0.39 is 7.60 Å². The smallest absolute Gasteiger partial charge is 0.356 e. The minimum atomic E-state index is -4.31. The molecule has 2 aromatic heterocycles. The van der Waals surface area contributed by atoms with Gasteiger partial charge in [-0.15, -0.1) is 0 Å². The van der Waals surface area contributed by atoms with Gasteiger partial charge in [-0.25, -0.2) is 4.98 Å². The number of aromatic nitrogens is 4. The Labute approximate surface area is 207 Å². The Morgan fingerprint density at radius 1 is 1.08 bits per heavy atom. The van der Waals surface area contributed by atoms with Crippen LogP contribution < -0.4 is 20.1 Å². The van der Waals surface area contributed by atoms with E-state index in [1.54, 1.807) is 49.2 Å². The Balaban J connectivity index is 1.70. The zero-order valence-electron chi connectivity index (χ0n) is 20.4. The van der Waals surface area contributed by atoms with Gasteiger partial charge in [0.05, 0.1) is 36.3 Å². The third kappa shape index (κ3) is 5.13. The second kappa shape index (κ2) is 10.1. The Morgan fingerprint density at radius 3 is 2.36 bits per heavy atom. The molecular weight excluding hydrogens is 485 g/mol. The average Bonchev–Trinajstić information content (AvgIpc) is 3.40. The van der Waals surface area contributed by atoms with Gasteiger partial charge in [0.2, 0.25) is 5.95 Å². The number of hydrogen-bond acceptors (Lipinski definition) is 6. The Bertz CT molecular complexity index is 1450. The number of benzene rings is 2. The summed E-state index contributed by atoms with van der Waals surface area (Å²) in [5, 5.41) is 7.22. The van der Waals surface area contributed by atoms with E-state index in [2.05, 4.69) is 15.4 Å². The average molecular weight is 513 g/mol. The van der Waals surface area contributed by atoms with Crippen molar-refractivity contribution in [2.45, 2.75) is 33.4 Å². The van der Waals surface area contributed by atoms with Crippen molar-refractivity contribution < 1.29 is 28.6 Å². The lowest BCUT2D eigenvalue weighted by Gasteiger charge is -2.12. The third-order valence-electron chi connectivity index (χ3n) is 5.81. The summed E-state index contributed by atoms with van der Waals surface area (Å²) < 4.78 is 25.8. The number of hydrogen-bond donors (Lipinski definition) is 3. The number of aryl methyl sites for hydroxylation is 4. The van der Waals surface area contributed by atoms with Gasteiger partial charge >= 0.3 is 7.60 Å². The molecular formula is C24H28N5O6P. The van der Waals surface area contributed by atoms with E-state index in [9.17, 15) is 19.1 Å². The predicted molar refractivity (Wildman–Crippen MR) is 135 cm³/mol. The van der Waals surface area contributed by atoms with Gasteiger partial charge in [-0.1, -0.05) is 12.1 Å². The molecule has 190 valence electrons. The number of imidazole rings is 1. The summed E-state index contributed by atoms with van der Waals surface area (Å²) in [6, 6.07) is 11.5. The van der Waals surface area contributed by atoms with E-state index in [0.29, 0.717) is 48.2 Å². The van der Waals surface area contributed by atoms with Crippen molar-refractivity contribution in [1.82, 2.24) is 19.3 Å². The van der Waals surface area contributed by atoms with Crippen LogP contribution in [-0.2, 0) is 24.1 Å². The van der Waals surface area contributed by atoms with Crippen molar-refractivity contribution in [2.24, 2.45) is 0 Å². The first-order chi connectivity index (χ1) is 17.1. The van der Waals surface area contributed by atoms with Crippen LogP contribution in [0, 0.1) is 6.92 Å². The first-order valence-corrected chi connectivity index (χ1v) is 12.9. The molecule has 0 aliphatic rings. The third-order valence-corrected chi connectivity index (χ3v) is 6.78. The van der Waals surface area contributed by atoms with Gasteiger partial charge in [0, 0.05) is 25.2 Å². The fourth-order valence-electron chi connectivity index (χ4n) is 4.01. The van der Waals surface area contributed by atoms with Gasteiger partial charge in [0.25, 0.3) is 5.91 Å². The minimum absolute atomic E-state index is 0.0352. The fraction of sp³-hybridized carbons (Fsp3) is 0.292. The highest BCUT2D eigenvalue weighted by Crippen LogP contribution is 2.34. The molecule has 0 spiro atoms. The number of carbonyl (C=O) groups excluding carboxylic acids is 1. The summed E-state index contributed by atoms with van der Waals surface area (Å²) in [5.41, 5.74) is 3.38. The van der Waals surface area contributed by atoms with Crippen LogP contribution in [0.5, 0.6) is 11.5 Å². The highest BCUT2D eigenvalue weighted by atomic mass is 31.2. The van der Waals surface area contributed by atoms with E-state index in [1.165, 1.54) is 12.1 Å². The van der Waals surface area contributed by atoms with E-state index in [0.717, 1.165) is 16.8 Å². The summed E-state index contributed by atoms with van der Waals surface area (Å²) in [7, 11) is -1.22. The van der Waals surface area contributed by atoms with Crippen LogP contribution in [0.4, 0.5) is 5.95 Å². The number of anilines is 1. The number of carbonyl (C=O) groups is 1. The molecule has 0 aliphatic heterocycles. The Kier molecular flexibility index (Phi) is 7.16. The molecule has 4 rings (SSSR count). The predicted octanol–water partition coefficient (Wildman–Crippen LogP) is 2.88. The van der Waals surface area contributed by atoms with Crippen molar-refractivity contribution in [3.05, 3.63) is 59.4 Å². The van der Waals surface area contributed by atoms with Crippen LogP contribution in [-0.4, -0.2) is 49.2 Å². The van der Waals surface area contributed by atoms with E-state index in [1.807, 2.05) is 18.4 Å². The maximum atomic E-state index is 13.1. The SMILES string of the molecule is CCn1nc(C)cc1C(=O)Nc1nc2cc(OC)c(OC)cc2n1CCc1ccc(P(=O)(O)O)cc1. The molecule has 3 N–H and O–H groups in total. The van der Waals surface area contributed by atoms with Gasteiger partial charge in [0.1, 0.15) is 5.69 Å². The molecule has 0 unspecified atom stereocenters. The topological polar surface area (TPSA) is 141 Å². The zero-order valence-corrected chi connectivity index (χ0v) is 21.3. The summed E-state index contributed by atoms with van der Waals surface area (Å²) >= 11 is 0. The van der Waals surface area contributed by atoms with Gasteiger partial charge < -0.3 is 23.8 Å². The molecule has 0 aliphatic carbocycles. The van der Waals surface area contributed by atoms with Gasteiger partial charge in [0.15, 0.2) is 11.5 Å². The second-order valence-corrected chi connectivity index (χ2v) is 9.79. The number of fused-ring (bicyclic) bond motifs is 1. The molecule has 1 amide bonds. The number of nitrogens with one attached hydrogen (secondary N) is 1. The standard InChI is InChI=1S/C24H28N5O6P/c1-5-29-20(12-15(2)27-29)23(30)26-24-25-18-13-21(34-3)22(35-4)14-19(18)28(24)11-10-16-6-8-17(9-7-16)36(31,32)33/h6-9,12-14H,5,10-11H2,1-4H3,(H,25,26,30)(H2,31,32,33). The molecule has 2 heterocycles. The normalized spacial score (nSPS) is 11.6. The van der Waals surface area contributed by atoms with Crippen LogP contribution in [0.1, 0.15) is 28.7 Å². The molecule has 12 heteroatoms. The van der Waals surface area contributed by atoms with Crippen molar-refractivity contribution in [1.29, 1.82) is 0 Å². The van der Waals surface area contributed by atoms with Crippen LogP contribution in [0.3, 0.4) is 0 Å². The zero-order chi connectivity index (χ0) is 26.0. The van der Waals surface area contributed by atoms with E-state index >= 15 is 0 Å². The van der Waals surface area contributed by atoms with Crippen molar-refractivity contribution in [3.8, 4) is 11.5 Å². The lowest BCUT2D eigenvalue weighted by molar-refractivity contribution is 0.101. The number of rotatable bonds is 9. The molecule has 2 aromatic carbocycles. The quantitative estimate of drug-likeness (QED) is 0.290. The van der Waals surface area contributed by atoms with Crippen molar-refractivity contribution in [2.75, 3.05) is 19.5 Å². The van der Waals surface area contributed by atoms with Crippen LogP contribution >= 0.6 is 7.60 Å². The molecule has 0 radical (unpaired) electrons. The minimum Gasteiger partial charge on any atom is -0.493 e. The highest BCUT2D eigenvalue weighted by Gasteiger charge is 2.20. The molecule has 4 aromatic rings. The maximum absolute atomic E-state index is 13.1. The molecule has 0 fully saturated rings. The number of ether oxygens (including phenoxy) is 2. The lowest BCUT2D eigenvalue weighted by atomic mass is 10.1. The van der Waals surface area contributed by atoms with Gasteiger partial charge in [-0.2, -0.15) is 5.10 Å². The maximum Gasteiger partial charge on any atom is 0.356 e. The first kappa shape index (κ1) is 25.4. The largest absolute Gasteiger partial charge is 0.493 e. The van der Waals surface area contributed by atoms with Gasteiger partial charge in [-0.3, -0.25) is 19.4 Å². The molecule has 36 heavy (non-hydrogen) atoms. The second-order valence-electron chi connectivity index (χ2n) is 8.18. The fourth-order valence-corrected chi connectivity index (χ4v) is 4.54. The summed E-state index contributed by atoms with van der Waals surface area (Å²) in [6.07, 6.45) is 0.524. The molecule has 0 saturated heterocycles. The first-order valence-electron chi connectivity index (χ1n) is 11.3. The Hall–Kier alpha value is -3.66. The highest BCUT2D eigenvalue weighted by molar-refractivity contribution is 7.60. The van der Waals surface area contributed by atoms with Crippen molar-refractivity contribution in [3.63, 3.8) is 0 Å². The number of amides is 1. The van der Waals surface area contributed by atoms with Crippen LogP contribution in [0.15, 0.2) is 42.5 Å². The number of methoxy groups -OCH3 is 2. The summed E-state index contributed by atoms with van der Waals surface area (Å²) in [4.78, 5) is 36.5. The van der Waals surface area contributed by atoms with Crippen LogP contribution in [0.25, 0.3) is 11.0 Å². The molecule has 0 atom stereocenters. The molecule has 0 saturated carbocycles. The van der Waals surface area contributed by atoms with Crippen LogP contribution in [0.2, 0.25) is 0 Å². The summed E-state index contributed by atoms with van der Waals surface area (Å²) in [5.74, 6) is 1.05. The van der Waals surface area contributed by atoms with E-state index in [4.69, 9.17) is 9.47 Å². The van der Waals surface area contributed by atoms with Crippen molar-refractivity contribution >= 4 is 35.8 Å². The van der Waals surface area contributed by atoms with E-state index in [-0.39, 0.29) is 11.2 Å². The Morgan fingerprint density at radius 2 is 1.75 bits per heavy atom. The monoisotopic (exact) mass is 513 g/mol. The van der Waals surface area contributed by atoms with Gasteiger partial charge in [-0.05, 0) is 44.0 Å². The number of nitrogens with zero attached hydrogens (tertiary/aromatic N) is 4. The summed E-state index contributed by atoms with van der Waals surface area (Å²) in [6.45, 7) is 4.72.